The molecule has 0 bridgehead atoms. The van der Waals surface area contributed by atoms with Crippen LogP contribution in [0.25, 0.3) is 0 Å². The lowest BCUT2D eigenvalue weighted by atomic mass is 9.73. The molecular formula is C19H25FN2O2. The Labute approximate surface area is 142 Å². The summed E-state index contributed by atoms with van der Waals surface area (Å²) in [5, 5.41) is 2.69. The summed E-state index contributed by atoms with van der Waals surface area (Å²) in [7, 11) is 1.65. The first kappa shape index (κ1) is 16.9. The van der Waals surface area contributed by atoms with E-state index in [1.54, 1.807) is 13.1 Å². The molecule has 1 aromatic rings. The van der Waals surface area contributed by atoms with Gasteiger partial charge in [-0.05, 0) is 53.9 Å². The zero-order valence-corrected chi connectivity index (χ0v) is 14.4. The van der Waals surface area contributed by atoms with E-state index in [1.807, 2.05) is 17.9 Å². The summed E-state index contributed by atoms with van der Waals surface area (Å²) in [6.07, 6.45) is 3.53. The molecule has 24 heavy (non-hydrogen) atoms. The maximum Gasteiger partial charge on any atom is 0.222 e. The number of benzene rings is 1. The van der Waals surface area contributed by atoms with Gasteiger partial charge in [-0.15, -0.1) is 0 Å². The van der Waals surface area contributed by atoms with E-state index in [0.29, 0.717) is 12.8 Å². The van der Waals surface area contributed by atoms with Gasteiger partial charge in [0, 0.05) is 33.0 Å². The summed E-state index contributed by atoms with van der Waals surface area (Å²) < 4.78 is 13.9. The molecule has 1 unspecified atom stereocenters. The lowest BCUT2D eigenvalue weighted by Crippen LogP contribution is -2.44. The molecule has 1 N–H and O–H groups in total. The third kappa shape index (κ3) is 2.92. The Hall–Kier alpha value is -1.91. The van der Waals surface area contributed by atoms with Crippen molar-refractivity contribution >= 4 is 11.8 Å². The molecular weight excluding hydrogens is 307 g/mol. The SMILES string of the molecule is CCC(=O)N1CCC2(CC1)CC(CC(=O)NC)c1ccc(F)cc12. The van der Waals surface area contributed by atoms with Crippen molar-refractivity contribution < 1.29 is 14.0 Å². The van der Waals surface area contributed by atoms with Crippen molar-refractivity contribution in [3.05, 3.63) is 35.1 Å². The van der Waals surface area contributed by atoms with Crippen molar-refractivity contribution in [2.24, 2.45) is 0 Å². The van der Waals surface area contributed by atoms with Gasteiger partial charge >= 0.3 is 0 Å². The van der Waals surface area contributed by atoms with Crippen molar-refractivity contribution in [1.82, 2.24) is 10.2 Å². The first-order valence-electron chi connectivity index (χ1n) is 8.77. The van der Waals surface area contributed by atoms with Gasteiger partial charge in [-0.1, -0.05) is 13.0 Å². The fraction of sp³-hybridized carbons (Fsp3) is 0.579. The molecule has 1 heterocycles. The molecule has 1 atom stereocenters. The van der Waals surface area contributed by atoms with Gasteiger partial charge < -0.3 is 10.2 Å². The van der Waals surface area contributed by atoms with Gasteiger partial charge in [0.2, 0.25) is 11.8 Å². The number of piperidine rings is 1. The van der Waals surface area contributed by atoms with Crippen LogP contribution in [0, 0.1) is 5.82 Å². The van der Waals surface area contributed by atoms with Crippen molar-refractivity contribution in [3.8, 4) is 0 Å². The van der Waals surface area contributed by atoms with Crippen LogP contribution in [0.15, 0.2) is 18.2 Å². The predicted octanol–water partition coefficient (Wildman–Crippen LogP) is 2.72. The Morgan fingerprint density at radius 3 is 2.67 bits per heavy atom. The van der Waals surface area contributed by atoms with Gasteiger partial charge in [-0.2, -0.15) is 0 Å². The zero-order valence-electron chi connectivity index (χ0n) is 14.4. The number of nitrogens with zero attached hydrogens (tertiary/aromatic N) is 1. The van der Waals surface area contributed by atoms with Gasteiger partial charge in [0.1, 0.15) is 5.82 Å². The molecule has 0 aromatic heterocycles. The Morgan fingerprint density at radius 2 is 2.04 bits per heavy atom. The molecule has 0 radical (unpaired) electrons. The molecule has 5 heteroatoms. The van der Waals surface area contributed by atoms with Crippen molar-refractivity contribution in [2.75, 3.05) is 20.1 Å². The first-order valence-corrected chi connectivity index (χ1v) is 8.77. The summed E-state index contributed by atoms with van der Waals surface area (Å²) in [4.78, 5) is 25.7. The Balaban J connectivity index is 1.86. The second kappa shape index (κ2) is 6.54. The number of rotatable bonds is 3. The van der Waals surface area contributed by atoms with Crippen LogP contribution in [-0.4, -0.2) is 36.9 Å². The van der Waals surface area contributed by atoms with Crippen molar-refractivity contribution in [3.63, 3.8) is 0 Å². The number of nitrogens with one attached hydrogen (secondary N) is 1. The number of likely N-dealkylation sites (tertiary alicyclic amines) is 1. The number of carbonyl (C=O) groups excluding carboxylic acids is 2. The van der Waals surface area contributed by atoms with E-state index in [2.05, 4.69) is 5.32 Å². The predicted molar refractivity (Wildman–Crippen MR) is 90.2 cm³/mol. The number of halogens is 1. The molecule has 0 saturated carbocycles. The first-order chi connectivity index (χ1) is 11.5. The van der Waals surface area contributed by atoms with Crippen LogP contribution in [0.2, 0.25) is 0 Å². The number of carbonyl (C=O) groups is 2. The summed E-state index contributed by atoms with van der Waals surface area (Å²) in [6.45, 7) is 3.32. The highest BCUT2D eigenvalue weighted by atomic mass is 19.1. The molecule has 4 nitrogen and oxygen atoms in total. The summed E-state index contributed by atoms with van der Waals surface area (Å²) >= 11 is 0. The van der Waals surface area contributed by atoms with Crippen LogP contribution >= 0.6 is 0 Å². The monoisotopic (exact) mass is 332 g/mol. The number of amides is 2. The molecule has 1 saturated heterocycles. The zero-order chi connectivity index (χ0) is 17.3. The van der Waals surface area contributed by atoms with Crippen molar-refractivity contribution in [1.29, 1.82) is 0 Å². The molecule has 1 spiro atoms. The summed E-state index contributed by atoms with van der Waals surface area (Å²) in [5.74, 6) is 0.116. The van der Waals surface area contributed by atoms with Crippen LogP contribution in [0.5, 0.6) is 0 Å². The van der Waals surface area contributed by atoms with Gasteiger partial charge in [-0.25, -0.2) is 4.39 Å². The van der Waals surface area contributed by atoms with E-state index < -0.39 is 0 Å². The van der Waals surface area contributed by atoms with E-state index in [9.17, 15) is 14.0 Å². The Bertz CT molecular complexity index is 651. The average molecular weight is 332 g/mol. The van der Waals surface area contributed by atoms with Gasteiger partial charge in [-0.3, -0.25) is 9.59 Å². The second-order valence-corrected chi connectivity index (χ2v) is 7.02. The summed E-state index contributed by atoms with van der Waals surface area (Å²) in [5.41, 5.74) is 2.07. The van der Waals surface area contributed by atoms with Crippen LogP contribution in [0.4, 0.5) is 4.39 Å². The number of fused-ring (bicyclic) bond motifs is 2. The Kier molecular flexibility index (Phi) is 4.61. The summed E-state index contributed by atoms with van der Waals surface area (Å²) in [6, 6.07) is 4.98. The van der Waals surface area contributed by atoms with Gasteiger partial charge in [0.05, 0.1) is 0 Å². The highest BCUT2D eigenvalue weighted by molar-refractivity contribution is 5.77. The highest BCUT2D eigenvalue weighted by Gasteiger charge is 2.46. The van der Waals surface area contributed by atoms with E-state index in [-0.39, 0.29) is 29.0 Å². The largest absolute Gasteiger partial charge is 0.359 e. The maximum atomic E-state index is 13.9. The average Bonchev–Trinajstić information content (AvgIpc) is 2.87. The number of hydrogen-bond acceptors (Lipinski definition) is 2. The van der Waals surface area contributed by atoms with Crippen LogP contribution < -0.4 is 5.32 Å². The molecule has 3 rings (SSSR count). The molecule has 1 aliphatic carbocycles. The lowest BCUT2D eigenvalue weighted by molar-refractivity contribution is -0.132. The topological polar surface area (TPSA) is 49.4 Å². The quantitative estimate of drug-likeness (QED) is 0.925. The van der Waals surface area contributed by atoms with Gasteiger partial charge in [0.25, 0.3) is 0 Å². The minimum absolute atomic E-state index is 0.0194. The van der Waals surface area contributed by atoms with E-state index in [4.69, 9.17) is 0 Å². The molecule has 130 valence electrons. The van der Waals surface area contributed by atoms with Gasteiger partial charge in [0.15, 0.2) is 0 Å². The minimum Gasteiger partial charge on any atom is -0.359 e. The molecule has 1 fully saturated rings. The molecule has 2 amide bonds. The second-order valence-electron chi connectivity index (χ2n) is 7.02. The minimum atomic E-state index is -0.221. The van der Waals surface area contributed by atoms with E-state index in [0.717, 1.165) is 43.5 Å². The van der Waals surface area contributed by atoms with E-state index in [1.165, 1.54) is 6.07 Å². The fourth-order valence-electron chi connectivity index (χ4n) is 4.42. The molecule has 1 aromatic carbocycles. The molecule has 1 aliphatic heterocycles. The van der Waals surface area contributed by atoms with Crippen molar-refractivity contribution in [2.45, 2.75) is 50.4 Å². The fourth-order valence-corrected chi connectivity index (χ4v) is 4.42. The highest BCUT2D eigenvalue weighted by Crippen LogP contribution is 2.52. The Morgan fingerprint density at radius 1 is 1.33 bits per heavy atom. The van der Waals surface area contributed by atoms with Crippen LogP contribution in [-0.2, 0) is 15.0 Å². The van der Waals surface area contributed by atoms with Crippen LogP contribution in [0.3, 0.4) is 0 Å². The smallest absolute Gasteiger partial charge is 0.222 e. The third-order valence-electron chi connectivity index (χ3n) is 5.75. The van der Waals surface area contributed by atoms with Crippen LogP contribution in [0.1, 0.15) is 56.1 Å². The van der Waals surface area contributed by atoms with E-state index >= 15 is 0 Å². The lowest BCUT2D eigenvalue weighted by Gasteiger charge is -2.40. The normalized spacial score (nSPS) is 21.6. The maximum absolute atomic E-state index is 13.9. The standard InChI is InChI=1S/C19H25FN2O2/c1-3-18(24)22-8-6-19(7-9-22)12-13(10-17(23)21-2)15-5-4-14(20)11-16(15)19/h4-5,11,13H,3,6-10,12H2,1-2H3,(H,21,23). The third-order valence-corrected chi connectivity index (χ3v) is 5.75. The number of hydrogen-bond donors (Lipinski definition) is 1. The molecule has 2 aliphatic rings.